The van der Waals surface area contributed by atoms with Gasteiger partial charge in [0.05, 0.1) is 9.82 Å². The van der Waals surface area contributed by atoms with Crippen molar-refractivity contribution in [2.24, 2.45) is 0 Å². The number of rotatable bonds is 9. The lowest BCUT2D eigenvalue weighted by Crippen LogP contribution is -2.40. The number of pyridine rings is 1. The molecule has 10 heteroatoms. The number of fused-ring (bicyclic) bond motifs is 1. The molecule has 0 saturated carbocycles. The van der Waals surface area contributed by atoms with Crippen LogP contribution >= 0.6 is 12.4 Å². The molecule has 1 atom stereocenters. The minimum atomic E-state index is -3.63. The molecule has 0 aliphatic carbocycles. The molecule has 3 rings (SSSR count). The molecule has 0 fully saturated rings. The first-order valence-electron chi connectivity index (χ1n) is 9.15. The van der Waals surface area contributed by atoms with Gasteiger partial charge in [-0.25, -0.2) is 13.1 Å². The third-order valence-electron chi connectivity index (χ3n) is 4.47. The summed E-state index contributed by atoms with van der Waals surface area (Å²) in [5.41, 5.74) is 1.04. The highest BCUT2D eigenvalue weighted by Crippen LogP contribution is 2.18. The molecule has 30 heavy (non-hydrogen) atoms. The number of non-ortho nitro benzene ring substituents is 1. The van der Waals surface area contributed by atoms with E-state index >= 15 is 0 Å². The van der Waals surface area contributed by atoms with Gasteiger partial charge in [-0.2, -0.15) is 0 Å². The Kier molecular flexibility index (Phi) is 8.24. The lowest BCUT2D eigenvalue weighted by atomic mass is 10.1. The molecule has 160 valence electrons. The van der Waals surface area contributed by atoms with Gasteiger partial charge in [-0.15, -0.1) is 12.4 Å². The zero-order valence-corrected chi connectivity index (χ0v) is 17.9. The Morgan fingerprint density at radius 2 is 1.83 bits per heavy atom. The quantitative estimate of drug-likeness (QED) is 0.294. The minimum absolute atomic E-state index is 0. The fourth-order valence-electron chi connectivity index (χ4n) is 2.94. The highest BCUT2D eigenvalue weighted by Gasteiger charge is 2.17. The monoisotopic (exact) mass is 450 g/mol. The largest absolute Gasteiger partial charge is 0.315 e. The van der Waals surface area contributed by atoms with Crippen LogP contribution in [0.25, 0.3) is 10.8 Å². The van der Waals surface area contributed by atoms with Crippen molar-refractivity contribution < 1.29 is 13.3 Å². The number of nitro groups is 1. The van der Waals surface area contributed by atoms with E-state index in [9.17, 15) is 18.5 Å². The molecule has 2 N–H and O–H groups in total. The maximum Gasteiger partial charge on any atom is 0.269 e. The highest BCUT2D eigenvalue weighted by atomic mass is 35.5. The molecule has 1 heterocycles. The Bertz CT molecular complexity index is 1110. The van der Waals surface area contributed by atoms with E-state index in [1.165, 1.54) is 12.1 Å². The molecule has 8 nitrogen and oxygen atoms in total. The van der Waals surface area contributed by atoms with E-state index < -0.39 is 14.9 Å². The third-order valence-corrected chi connectivity index (χ3v) is 6.05. The molecular weight excluding hydrogens is 428 g/mol. The van der Waals surface area contributed by atoms with Gasteiger partial charge in [0.1, 0.15) is 0 Å². The van der Waals surface area contributed by atoms with Crippen LogP contribution in [0.3, 0.4) is 0 Å². The first-order chi connectivity index (χ1) is 13.8. The summed E-state index contributed by atoms with van der Waals surface area (Å²) in [6.07, 6.45) is 4.01. The number of halogens is 1. The molecule has 0 aliphatic heterocycles. The SMILES string of the molecule is C[C@H](CNCCc1ccc([N+](=O)[O-])cc1)NS(=O)(=O)c1ccc2cnccc2c1.Cl. The Hall–Kier alpha value is -2.59. The first kappa shape index (κ1) is 23.7. The summed E-state index contributed by atoms with van der Waals surface area (Å²) < 4.78 is 27.9. The number of nitrogens with zero attached hydrogens (tertiary/aromatic N) is 2. The van der Waals surface area contributed by atoms with Crippen LogP contribution in [0, 0.1) is 10.1 Å². The van der Waals surface area contributed by atoms with E-state index in [2.05, 4.69) is 15.0 Å². The second-order valence-electron chi connectivity index (χ2n) is 6.78. The van der Waals surface area contributed by atoms with E-state index in [0.717, 1.165) is 16.3 Å². The number of hydrogen-bond acceptors (Lipinski definition) is 6. The summed E-state index contributed by atoms with van der Waals surface area (Å²) in [5.74, 6) is 0. The van der Waals surface area contributed by atoms with Crippen LogP contribution in [0.5, 0.6) is 0 Å². The Morgan fingerprint density at radius 3 is 2.53 bits per heavy atom. The highest BCUT2D eigenvalue weighted by molar-refractivity contribution is 7.89. The molecule has 0 spiro atoms. The summed E-state index contributed by atoms with van der Waals surface area (Å²) in [7, 11) is -3.63. The van der Waals surface area contributed by atoms with Gasteiger partial charge in [0.25, 0.3) is 5.69 Å². The number of nitrogens with one attached hydrogen (secondary N) is 2. The zero-order chi connectivity index (χ0) is 20.9. The lowest BCUT2D eigenvalue weighted by Gasteiger charge is -2.15. The van der Waals surface area contributed by atoms with Gasteiger partial charge in [0.2, 0.25) is 10.0 Å². The van der Waals surface area contributed by atoms with Gasteiger partial charge < -0.3 is 5.32 Å². The van der Waals surface area contributed by atoms with Crippen LogP contribution in [0.1, 0.15) is 12.5 Å². The first-order valence-corrected chi connectivity index (χ1v) is 10.6. The maximum atomic E-state index is 12.6. The number of hydrogen-bond donors (Lipinski definition) is 2. The van der Waals surface area contributed by atoms with Crippen molar-refractivity contribution in [3.05, 3.63) is 76.6 Å². The Morgan fingerprint density at radius 1 is 1.10 bits per heavy atom. The van der Waals surface area contributed by atoms with Crippen LogP contribution in [-0.4, -0.2) is 37.5 Å². The van der Waals surface area contributed by atoms with Gasteiger partial charge in [-0.1, -0.05) is 18.2 Å². The van der Waals surface area contributed by atoms with Crippen molar-refractivity contribution in [2.45, 2.75) is 24.3 Å². The van der Waals surface area contributed by atoms with Crippen LogP contribution in [0.2, 0.25) is 0 Å². The second-order valence-corrected chi connectivity index (χ2v) is 8.50. The average molecular weight is 451 g/mol. The van der Waals surface area contributed by atoms with Gasteiger partial charge in [-0.3, -0.25) is 15.1 Å². The van der Waals surface area contributed by atoms with Crippen LogP contribution < -0.4 is 10.0 Å². The summed E-state index contributed by atoms with van der Waals surface area (Å²) >= 11 is 0. The molecule has 0 bridgehead atoms. The van der Waals surface area contributed by atoms with Crippen molar-refractivity contribution in [3.8, 4) is 0 Å². The van der Waals surface area contributed by atoms with Crippen LogP contribution in [0.4, 0.5) is 5.69 Å². The molecule has 0 aliphatic rings. The molecular formula is C20H23ClN4O4S. The van der Waals surface area contributed by atoms with Crippen molar-refractivity contribution >= 4 is 38.9 Å². The molecule has 0 radical (unpaired) electrons. The van der Waals surface area contributed by atoms with E-state index in [1.54, 1.807) is 55.7 Å². The molecule has 0 saturated heterocycles. The summed E-state index contributed by atoms with van der Waals surface area (Å²) in [6, 6.07) is 12.8. The maximum absolute atomic E-state index is 12.6. The van der Waals surface area contributed by atoms with Gasteiger partial charge in [0.15, 0.2) is 0 Å². The smallest absolute Gasteiger partial charge is 0.269 e. The molecule has 0 unspecified atom stereocenters. The topological polar surface area (TPSA) is 114 Å². The Labute approximate surface area is 181 Å². The minimum Gasteiger partial charge on any atom is -0.315 e. The van der Waals surface area contributed by atoms with Crippen LogP contribution in [0.15, 0.2) is 65.8 Å². The van der Waals surface area contributed by atoms with Crippen LogP contribution in [-0.2, 0) is 16.4 Å². The summed E-state index contributed by atoms with van der Waals surface area (Å²) in [5, 5.41) is 15.6. The molecule has 1 aromatic heterocycles. The van der Waals surface area contributed by atoms with E-state index in [4.69, 9.17) is 0 Å². The number of aromatic nitrogens is 1. The predicted octanol–water partition coefficient (Wildman–Crippen LogP) is 3.06. The normalized spacial score (nSPS) is 12.3. The lowest BCUT2D eigenvalue weighted by molar-refractivity contribution is -0.384. The number of benzene rings is 2. The van der Waals surface area contributed by atoms with Gasteiger partial charge in [0, 0.05) is 42.5 Å². The standard InChI is InChI=1S/C20H22N4O4S.ClH/c1-15(13-21-10-8-16-2-5-19(6-3-16)24(25)26)23-29(27,28)20-7-4-18-14-22-11-9-17(18)12-20;/h2-7,9,11-12,14-15,21,23H,8,10,13H2,1H3;1H/t15-;/m1./s1. The van der Waals surface area contributed by atoms with Gasteiger partial charge in [-0.05, 0) is 49.0 Å². The van der Waals surface area contributed by atoms with Gasteiger partial charge >= 0.3 is 0 Å². The van der Waals surface area contributed by atoms with Crippen molar-refractivity contribution in [3.63, 3.8) is 0 Å². The third kappa shape index (κ3) is 6.20. The summed E-state index contributed by atoms with van der Waals surface area (Å²) in [6.45, 7) is 2.89. The zero-order valence-electron chi connectivity index (χ0n) is 16.3. The van der Waals surface area contributed by atoms with Crippen molar-refractivity contribution in [1.29, 1.82) is 0 Å². The number of sulfonamides is 1. The average Bonchev–Trinajstić information content (AvgIpc) is 2.71. The van der Waals surface area contributed by atoms with E-state index in [0.29, 0.717) is 19.5 Å². The van der Waals surface area contributed by atoms with E-state index in [1.807, 2.05) is 0 Å². The van der Waals surface area contributed by atoms with Crippen molar-refractivity contribution in [1.82, 2.24) is 15.0 Å². The Balaban J connectivity index is 0.00000320. The fraction of sp³-hybridized carbons (Fsp3) is 0.250. The van der Waals surface area contributed by atoms with Crippen molar-refractivity contribution in [2.75, 3.05) is 13.1 Å². The summed E-state index contributed by atoms with van der Waals surface area (Å²) in [4.78, 5) is 14.5. The molecule has 3 aromatic rings. The molecule has 0 amide bonds. The number of nitro benzene ring substituents is 1. The molecule has 2 aromatic carbocycles. The predicted molar refractivity (Wildman–Crippen MR) is 118 cm³/mol. The second kappa shape index (κ2) is 10.4. The fourth-order valence-corrected chi connectivity index (χ4v) is 4.22. The van der Waals surface area contributed by atoms with E-state index in [-0.39, 0.29) is 29.0 Å².